The van der Waals surface area contributed by atoms with Gasteiger partial charge >= 0.3 is 0 Å². The van der Waals surface area contributed by atoms with Gasteiger partial charge in [0.1, 0.15) is 6.10 Å². The summed E-state index contributed by atoms with van der Waals surface area (Å²) in [7, 11) is 2.47. The Bertz CT molecular complexity index is 519. The number of ether oxygens (including phenoxy) is 1. The number of aliphatic imine (C=N–C) groups is 1. The molecule has 4 bridgehead atoms. The van der Waals surface area contributed by atoms with Gasteiger partial charge in [0.05, 0.1) is 26.7 Å². The van der Waals surface area contributed by atoms with Gasteiger partial charge < -0.3 is 9.22 Å². The van der Waals surface area contributed by atoms with Crippen molar-refractivity contribution >= 4 is 5.90 Å². The molecule has 21 heavy (non-hydrogen) atoms. The van der Waals surface area contributed by atoms with Crippen LogP contribution in [0.2, 0.25) is 0 Å². The Morgan fingerprint density at radius 3 is 2.52 bits per heavy atom. The molecule has 6 rings (SSSR count). The molecule has 4 unspecified atom stereocenters. The van der Waals surface area contributed by atoms with Gasteiger partial charge in [-0.05, 0) is 44.1 Å². The first-order valence-electron chi connectivity index (χ1n) is 8.97. The van der Waals surface area contributed by atoms with Gasteiger partial charge in [-0.3, -0.25) is 0 Å². The van der Waals surface area contributed by atoms with E-state index in [2.05, 4.69) is 7.05 Å². The average Bonchev–Trinajstić information content (AvgIpc) is 2.83. The van der Waals surface area contributed by atoms with Crippen molar-refractivity contribution in [1.82, 2.24) is 0 Å². The molecule has 3 saturated heterocycles. The van der Waals surface area contributed by atoms with Crippen LogP contribution in [0.15, 0.2) is 16.3 Å². The fourth-order valence-electron chi connectivity index (χ4n) is 6.16. The Morgan fingerprint density at radius 1 is 1.05 bits per heavy atom. The van der Waals surface area contributed by atoms with Crippen molar-refractivity contribution in [2.75, 3.05) is 26.7 Å². The lowest BCUT2D eigenvalue weighted by Gasteiger charge is -2.58. The molecule has 0 spiro atoms. The molecule has 3 nitrogen and oxygen atoms in total. The van der Waals surface area contributed by atoms with Crippen LogP contribution in [0.3, 0.4) is 0 Å². The van der Waals surface area contributed by atoms with Crippen LogP contribution >= 0.6 is 0 Å². The Hall–Kier alpha value is -0.830. The van der Waals surface area contributed by atoms with Crippen LogP contribution in [0.4, 0.5) is 0 Å². The van der Waals surface area contributed by atoms with E-state index in [1.54, 1.807) is 5.57 Å². The summed E-state index contributed by atoms with van der Waals surface area (Å²) in [6.07, 6.45) is 9.46. The summed E-state index contributed by atoms with van der Waals surface area (Å²) in [6, 6.07) is 0. The zero-order chi connectivity index (χ0) is 14.0. The van der Waals surface area contributed by atoms with E-state index in [0.29, 0.717) is 6.10 Å². The molecule has 114 valence electrons. The fraction of sp³-hybridized carbons (Fsp3) is 0.833. The molecule has 0 aromatic heterocycles. The van der Waals surface area contributed by atoms with Gasteiger partial charge in [-0.2, -0.15) is 0 Å². The third-order valence-electron chi connectivity index (χ3n) is 6.70. The second kappa shape index (κ2) is 4.34. The largest absolute Gasteiger partial charge is 0.476 e. The van der Waals surface area contributed by atoms with Gasteiger partial charge in [0.15, 0.2) is 5.90 Å². The number of nitrogens with zero attached hydrogens (tertiary/aromatic N) is 2. The smallest absolute Gasteiger partial charge is 0.192 e. The maximum Gasteiger partial charge on any atom is 0.192 e. The summed E-state index contributed by atoms with van der Waals surface area (Å²) >= 11 is 0. The summed E-state index contributed by atoms with van der Waals surface area (Å²) in [6.45, 7) is 4.12. The van der Waals surface area contributed by atoms with Crippen LogP contribution in [0, 0.1) is 17.8 Å². The van der Waals surface area contributed by atoms with E-state index in [4.69, 9.17) is 9.73 Å². The van der Waals surface area contributed by atoms with E-state index in [1.165, 1.54) is 68.3 Å². The lowest BCUT2D eigenvalue weighted by molar-refractivity contribution is -0.938. The van der Waals surface area contributed by atoms with Crippen molar-refractivity contribution in [3.63, 3.8) is 0 Å². The molecule has 4 fully saturated rings. The Morgan fingerprint density at radius 2 is 1.81 bits per heavy atom. The van der Waals surface area contributed by atoms with Crippen LogP contribution < -0.4 is 0 Å². The molecule has 0 aromatic carbocycles. The Labute approximate surface area is 127 Å². The Kier molecular flexibility index (Phi) is 2.62. The molecular weight excluding hydrogens is 260 g/mol. The van der Waals surface area contributed by atoms with Crippen LogP contribution in [0.5, 0.6) is 0 Å². The molecule has 0 aromatic rings. The van der Waals surface area contributed by atoms with Gasteiger partial charge in [0, 0.05) is 29.9 Å². The number of hydrogen-bond acceptors (Lipinski definition) is 2. The minimum Gasteiger partial charge on any atom is -0.476 e. The minimum atomic E-state index is 0.479. The second-order valence-electron chi connectivity index (χ2n) is 8.55. The van der Waals surface area contributed by atoms with Gasteiger partial charge in [0.2, 0.25) is 0 Å². The normalized spacial score (nSPS) is 47.6. The van der Waals surface area contributed by atoms with Crippen molar-refractivity contribution in [2.45, 2.75) is 51.0 Å². The predicted octanol–water partition coefficient (Wildman–Crippen LogP) is 3.12. The zero-order valence-electron chi connectivity index (χ0n) is 13.2. The number of quaternary nitrogens is 1. The first kappa shape index (κ1) is 12.7. The number of piperidine rings is 3. The molecule has 6 aliphatic rings. The van der Waals surface area contributed by atoms with E-state index in [1.807, 2.05) is 0 Å². The predicted molar refractivity (Wildman–Crippen MR) is 82.9 cm³/mol. The average molecular weight is 287 g/mol. The molecule has 0 radical (unpaired) electrons. The van der Waals surface area contributed by atoms with Crippen LogP contribution in [0.1, 0.15) is 44.9 Å². The number of rotatable bonds is 1. The SMILES string of the molecule is C[N+]12CC3CC(C1)C(OC1=NC4=C(CCCC4)C1)[C@H](C3)C2. The van der Waals surface area contributed by atoms with E-state index in [-0.39, 0.29) is 0 Å². The van der Waals surface area contributed by atoms with Crippen molar-refractivity contribution in [3.05, 3.63) is 11.3 Å². The summed E-state index contributed by atoms with van der Waals surface area (Å²) in [4.78, 5) is 4.85. The quantitative estimate of drug-likeness (QED) is 0.679. The lowest BCUT2D eigenvalue weighted by atomic mass is 9.65. The first-order chi connectivity index (χ1) is 10.2. The second-order valence-corrected chi connectivity index (χ2v) is 8.55. The van der Waals surface area contributed by atoms with Crippen molar-refractivity contribution in [3.8, 4) is 0 Å². The monoisotopic (exact) mass is 287 g/mol. The van der Waals surface area contributed by atoms with Gasteiger partial charge in [-0.1, -0.05) is 0 Å². The van der Waals surface area contributed by atoms with Crippen LogP contribution in [-0.2, 0) is 4.74 Å². The zero-order valence-corrected chi connectivity index (χ0v) is 13.2. The van der Waals surface area contributed by atoms with Crippen molar-refractivity contribution < 1.29 is 9.22 Å². The molecule has 4 heterocycles. The summed E-state index contributed by atoms with van der Waals surface area (Å²) in [5, 5.41) is 0. The molecule has 0 amide bonds. The lowest BCUT2D eigenvalue weighted by Crippen LogP contribution is -2.68. The maximum absolute atomic E-state index is 6.52. The standard InChI is InChI=1S/C18H27N2O/c1-20-9-12-6-14(10-20)18(15(7-12)11-20)21-17-8-13-4-2-3-5-16(13)19-17/h12,14-15,18H,2-11H2,1H3/q+1/t12?,14-,15?,18?,20?/m1/s1. The van der Waals surface area contributed by atoms with Crippen LogP contribution in [0.25, 0.3) is 0 Å². The highest BCUT2D eigenvalue weighted by atomic mass is 16.5. The van der Waals surface area contributed by atoms with E-state index in [0.717, 1.165) is 30.1 Å². The number of hydrogen-bond donors (Lipinski definition) is 0. The van der Waals surface area contributed by atoms with Crippen molar-refractivity contribution in [2.24, 2.45) is 22.7 Å². The van der Waals surface area contributed by atoms with Gasteiger partial charge in [-0.15, -0.1) is 0 Å². The topological polar surface area (TPSA) is 21.6 Å². The molecular formula is C18H27N2O+. The molecule has 0 N–H and O–H groups in total. The summed E-state index contributed by atoms with van der Waals surface area (Å²) in [5.41, 5.74) is 2.96. The first-order valence-corrected chi connectivity index (χ1v) is 8.97. The highest BCUT2D eigenvalue weighted by Crippen LogP contribution is 2.48. The maximum atomic E-state index is 6.52. The molecule has 1 saturated carbocycles. The minimum absolute atomic E-state index is 0.479. The van der Waals surface area contributed by atoms with E-state index in [9.17, 15) is 0 Å². The third kappa shape index (κ3) is 2.00. The van der Waals surface area contributed by atoms with E-state index >= 15 is 0 Å². The molecule has 3 heteroatoms. The van der Waals surface area contributed by atoms with Gasteiger partial charge in [0.25, 0.3) is 0 Å². The van der Waals surface area contributed by atoms with Crippen molar-refractivity contribution in [1.29, 1.82) is 0 Å². The summed E-state index contributed by atoms with van der Waals surface area (Å²) < 4.78 is 7.84. The fourth-order valence-corrected chi connectivity index (χ4v) is 6.16. The van der Waals surface area contributed by atoms with Crippen LogP contribution in [-0.4, -0.2) is 43.2 Å². The third-order valence-corrected chi connectivity index (χ3v) is 6.70. The molecule has 4 aliphatic heterocycles. The molecule has 2 aliphatic carbocycles. The highest BCUT2D eigenvalue weighted by molar-refractivity contribution is 5.83. The van der Waals surface area contributed by atoms with Gasteiger partial charge in [-0.25, -0.2) is 4.99 Å². The van der Waals surface area contributed by atoms with E-state index < -0.39 is 0 Å². The summed E-state index contributed by atoms with van der Waals surface area (Å²) in [5.74, 6) is 3.63. The number of allylic oxidation sites excluding steroid dienone is 1. The Balaban J connectivity index is 1.32. The highest BCUT2D eigenvalue weighted by Gasteiger charge is 2.55. The molecule has 5 atom stereocenters.